The third kappa shape index (κ3) is 2.41. The van der Waals surface area contributed by atoms with Crippen molar-refractivity contribution in [3.8, 4) is 0 Å². The molecule has 1 saturated carbocycles. The van der Waals surface area contributed by atoms with Crippen LogP contribution in [0.25, 0.3) is 0 Å². The minimum absolute atomic E-state index is 0.0290. The number of thiazole rings is 1. The lowest BCUT2D eigenvalue weighted by Crippen LogP contribution is -2.42. The number of amides is 1. The van der Waals surface area contributed by atoms with Gasteiger partial charge in [0, 0.05) is 18.1 Å². The number of hydrogen-bond donors (Lipinski definition) is 2. The predicted octanol–water partition coefficient (Wildman–Crippen LogP) is 2.31. The van der Waals surface area contributed by atoms with Gasteiger partial charge in [0.25, 0.3) is 5.91 Å². The third-order valence-electron chi connectivity index (χ3n) is 3.90. The van der Waals surface area contributed by atoms with Crippen molar-refractivity contribution >= 4 is 28.2 Å². The van der Waals surface area contributed by atoms with Gasteiger partial charge in [0.2, 0.25) is 0 Å². The number of nitrogens with zero attached hydrogens (tertiary/aromatic N) is 2. The number of hydrogen-bond acceptors (Lipinski definition) is 5. The largest absolute Gasteiger partial charge is 0.382 e. The van der Waals surface area contributed by atoms with Crippen LogP contribution in [0.4, 0.5) is 10.9 Å². The van der Waals surface area contributed by atoms with Crippen LogP contribution in [-0.2, 0) is 0 Å². The first kappa shape index (κ1) is 12.7. The molecular weight excluding hydrogens is 260 g/mol. The molecule has 0 unspecified atom stereocenters. The van der Waals surface area contributed by atoms with Gasteiger partial charge in [-0.25, -0.2) is 4.98 Å². The highest BCUT2D eigenvalue weighted by atomic mass is 32.1. The maximum Gasteiger partial charge on any atom is 0.268 e. The Morgan fingerprint density at radius 3 is 2.84 bits per heavy atom. The predicted molar refractivity (Wildman–Crippen MR) is 77.5 cm³/mol. The molecule has 0 atom stereocenters. The second-order valence-electron chi connectivity index (χ2n) is 6.02. The van der Waals surface area contributed by atoms with E-state index in [1.54, 1.807) is 0 Å². The normalized spacial score (nSPS) is 21.7. The topological polar surface area (TPSA) is 71.2 Å². The number of carbonyl (C=O) groups is 1. The molecule has 3 N–H and O–H groups in total. The first-order chi connectivity index (χ1) is 8.97. The van der Waals surface area contributed by atoms with E-state index in [9.17, 15) is 4.79 Å². The second-order valence-corrected chi connectivity index (χ2v) is 7.02. The number of nitrogens with two attached hydrogens (primary N) is 1. The molecular formula is C13H20N4OS. The fourth-order valence-electron chi connectivity index (χ4n) is 2.56. The van der Waals surface area contributed by atoms with Crippen LogP contribution >= 0.6 is 11.3 Å². The van der Waals surface area contributed by atoms with Gasteiger partial charge < -0.3 is 16.0 Å². The molecule has 2 fully saturated rings. The van der Waals surface area contributed by atoms with E-state index in [-0.39, 0.29) is 11.4 Å². The molecule has 1 saturated heterocycles. The Labute approximate surface area is 117 Å². The van der Waals surface area contributed by atoms with E-state index in [1.807, 2.05) is 4.90 Å². The van der Waals surface area contributed by atoms with Crippen LogP contribution in [0.15, 0.2) is 0 Å². The van der Waals surface area contributed by atoms with Gasteiger partial charge in [-0.3, -0.25) is 4.79 Å². The summed E-state index contributed by atoms with van der Waals surface area (Å²) < 4.78 is 0. The molecule has 6 heteroatoms. The summed E-state index contributed by atoms with van der Waals surface area (Å²) in [6.45, 7) is 5.03. The molecule has 2 heterocycles. The average Bonchev–Trinajstić information content (AvgIpc) is 2.96. The Morgan fingerprint density at radius 1 is 1.53 bits per heavy atom. The summed E-state index contributed by atoms with van der Waals surface area (Å²) in [6, 6.07) is 0.525. The molecule has 0 aromatic carbocycles. The van der Waals surface area contributed by atoms with Crippen molar-refractivity contribution < 1.29 is 4.79 Å². The number of carbonyl (C=O) groups excluding carboxylic acids is 1. The lowest BCUT2D eigenvalue weighted by Gasteiger charge is -2.31. The molecule has 1 aliphatic carbocycles. The highest BCUT2D eigenvalue weighted by molar-refractivity contribution is 7.18. The summed E-state index contributed by atoms with van der Waals surface area (Å²) in [4.78, 5) is 19.4. The molecule has 19 heavy (non-hydrogen) atoms. The first-order valence-corrected chi connectivity index (χ1v) is 7.64. The summed E-state index contributed by atoms with van der Waals surface area (Å²) in [6.07, 6.45) is 4.47. The van der Waals surface area contributed by atoms with Crippen LogP contribution in [0.2, 0.25) is 0 Å². The van der Waals surface area contributed by atoms with Gasteiger partial charge in [0.05, 0.1) is 0 Å². The first-order valence-electron chi connectivity index (χ1n) is 6.82. The third-order valence-corrected chi connectivity index (χ3v) is 4.89. The van der Waals surface area contributed by atoms with Gasteiger partial charge in [0.1, 0.15) is 10.7 Å². The highest BCUT2D eigenvalue weighted by Crippen LogP contribution is 2.35. The quantitative estimate of drug-likeness (QED) is 0.891. The average molecular weight is 280 g/mol. The monoisotopic (exact) mass is 280 g/mol. The smallest absolute Gasteiger partial charge is 0.268 e. The lowest BCUT2D eigenvalue weighted by molar-refractivity contribution is 0.0658. The fourth-order valence-corrected chi connectivity index (χ4v) is 3.47. The van der Waals surface area contributed by atoms with Gasteiger partial charge in [-0.2, -0.15) is 0 Å². The summed E-state index contributed by atoms with van der Waals surface area (Å²) in [5.74, 6) is 0.391. The van der Waals surface area contributed by atoms with Crippen molar-refractivity contribution in [2.75, 3.05) is 17.6 Å². The van der Waals surface area contributed by atoms with Crippen LogP contribution in [0.5, 0.6) is 0 Å². The van der Waals surface area contributed by atoms with E-state index in [1.165, 1.54) is 24.2 Å². The number of anilines is 2. The number of nitrogens with one attached hydrogen (secondary N) is 1. The number of rotatable bonds is 3. The molecule has 1 aliphatic heterocycles. The molecule has 5 nitrogen and oxygen atoms in total. The molecule has 3 rings (SSSR count). The minimum atomic E-state index is -0.0718. The Bertz CT molecular complexity index is 507. The van der Waals surface area contributed by atoms with Crippen molar-refractivity contribution in [2.45, 2.75) is 51.1 Å². The molecule has 1 amide bonds. The van der Waals surface area contributed by atoms with Crippen molar-refractivity contribution in [3.05, 3.63) is 4.88 Å². The summed E-state index contributed by atoms with van der Waals surface area (Å²) in [5.41, 5.74) is 5.83. The minimum Gasteiger partial charge on any atom is -0.382 e. The maximum absolute atomic E-state index is 12.6. The zero-order valence-corrected chi connectivity index (χ0v) is 12.2. The molecule has 0 spiro atoms. The molecule has 0 bridgehead atoms. The summed E-state index contributed by atoms with van der Waals surface area (Å²) >= 11 is 1.39. The van der Waals surface area contributed by atoms with Gasteiger partial charge in [-0.15, -0.1) is 0 Å². The van der Waals surface area contributed by atoms with E-state index in [0.29, 0.717) is 16.7 Å². The number of aromatic nitrogens is 1. The second kappa shape index (κ2) is 4.37. The van der Waals surface area contributed by atoms with Crippen molar-refractivity contribution in [2.24, 2.45) is 0 Å². The van der Waals surface area contributed by atoms with Gasteiger partial charge in [-0.05, 0) is 39.5 Å². The Morgan fingerprint density at radius 2 is 2.26 bits per heavy atom. The van der Waals surface area contributed by atoms with E-state index >= 15 is 0 Å². The van der Waals surface area contributed by atoms with E-state index in [0.717, 1.165) is 24.5 Å². The van der Waals surface area contributed by atoms with E-state index < -0.39 is 0 Å². The van der Waals surface area contributed by atoms with Crippen LogP contribution in [0.1, 0.15) is 49.2 Å². The Kier molecular flexibility index (Phi) is 2.92. The molecule has 104 valence electrons. The van der Waals surface area contributed by atoms with Crippen molar-refractivity contribution in [3.63, 3.8) is 0 Å². The van der Waals surface area contributed by atoms with Crippen LogP contribution in [-0.4, -0.2) is 33.9 Å². The van der Waals surface area contributed by atoms with Gasteiger partial charge >= 0.3 is 0 Å². The molecule has 1 aromatic rings. The maximum atomic E-state index is 12.6. The van der Waals surface area contributed by atoms with E-state index in [4.69, 9.17) is 5.73 Å². The summed E-state index contributed by atoms with van der Waals surface area (Å²) in [7, 11) is 0. The number of likely N-dealkylation sites (tertiary alicyclic amines) is 1. The Hall–Kier alpha value is -1.30. The SMILES string of the molecule is CC1(C)CCCN1C(=O)c1sc(NC2CC2)nc1N. The Balaban J connectivity index is 1.80. The van der Waals surface area contributed by atoms with Gasteiger partial charge in [0.15, 0.2) is 5.13 Å². The number of nitrogen functional groups attached to an aromatic ring is 1. The van der Waals surface area contributed by atoms with Gasteiger partial charge in [-0.1, -0.05) is 11.3 Å². The molecule has 1 aromatic heterocycles. The molecule has 0 radical (unpaired) electrons. The van der Waals surface area contributed by atoms with E-state index in [2.05, 4.69) is 24.1 Å². The van der Waals surface area contributed by atoms with Crippen molar-refractivity contribution in [1.29, 1.82) is 0 Å². The fraction of sp³-hybridized carbons (Fsp3) is 0.692. The van der Waals surface area contributed by atoms with Crippen LogP contribution < -0.4 is 11.1 Å². The zero-order chi connectivity index (χ0) is 13.6. The lowest BCUT2D eigenvalue weighted by atomic mass is 10.0. The van der Waals surface area contributed by atoms with Crippen LogP contribution in [0.3, 0.4) is 0 Å². The molecule has 2 aliphatic rings. The zero-order valence-electron chi connectivity index (χ0n) is 11.4. The summed E-state index contributed by atoms with van der Waals surface area (Å²) in [5, 5.41) is 4.08. The standard InChI is InChI=1S/C13H20N4OS/c1-13(2)6-3-7-17(13)11(18)9-10(14)16-12(19-9)15-8-4-5-8/h8H,3-7,14H2,1-2H3,(H,15,16). The van der Waals surface area contributed by atoms with Crippen LogP contribution in [0, 0.1) is 0 Å². The van der Waals surface area contributed by atoms with Crippen molar-refractivity contribution in [1.82, 2.24) is 9.88 Å². The highest BCUT2D eigenvalue weighted by Gasteiger charge is 2.37.